The Bertz CT molecular complexity index is 699. The number of thiazole rings is 1. The number of para-hydroxylation sites is 1. The first-order chi connectivity index (χ1) is 11.0. The van der Waals surface area contributed by atoms with Crippen molar-refractivity contribution in [3.05, 3.63) is 45.9 Å². The maximum atomic E-state index is 12.3. The van der Waals surface area contributed by atoms with Gasteiger partial charge in [-0.15, -0.1) is 11.3 Å². The van der Waals surface area contributed by atoms with Crippen LogP contribution in [0, 0.1) is 0 Å². The van der Waals surface area contributed by atoms with Gasteiger partial charge in [-0.1, -0.05) is 18.2 Å². The van der Waals surface area contributed by atoms with Gasteiger partial charge < -0.3 is 16.0 Å². The molecule has 1 aromatic carbocycles. The summed E-state index contributed by atoms with van der Waals surface area (Å²) in [5.74, 6) is -0.278. The van der Waals surface area contributed by atoms with Crippen LogP contribution < -0.4 is 11.1 Å². The predicted molar refractivity (Wildman–Crippen MR) is 91.2 cm³/mol. The summed E-state index contributed by atoms with van der Waals surface area (Å²) in [4.78, 5) is 29.8. The molecule has 2 amide bonds. The number of amides is 2. The van der Waals surface area contributed by atoms with Crippen LogP contribution in [0.3, 0.4) is 0 Å². The Kier molecular flexibility index (Phi) is 5.84. The predicted octanol–water partition coefficient (Wildman–Crippen LogP) is 2.22. The summed E-state index contributed by atoms with van der Waals surface area (Å²) in [6.45, 7) is 4.84. The first-order valence-electron chi connectivity index (χ1n) is 7.34. The summed E-state index contributed by atoms with van der Waals surface area (Å²) >= 11 is 1.36. The lowest BCUT2D eigenvalue weighted by atomic mass is 10.1. The highest BCUT2D eigenvalue weighted by molar-refractivity contribution is 7.09. The third-order valence-corrected chi connectivity index (χ3v) is 4.28. The molecule has 0 saturated heterocycles. The minimum absolute atomic E-state index is 0.000665. The number of anilines is 1. The lowest BCUT2D eigenvalue weighted by Crippen LogP contribution is -2.28. The molecule has 1 aromatic heterocycles. The number of nitrogens with two attached hydrogens (primary N) is 1. The first-order valence-corrected chi connectivity index (χ1v) is 8.22. The molecule has 0 aliphatic heterocycles. The molecule has 23 heavy (non-hydrogen) atoms. The quantitative estimate of drug-likeness (QED) is 0.849. The molecule has 0 aliphatic rings. The minimum atomic E-state index is -0.278. The lowest BCUT2D eigenvalue weighted by molar-refractivity contribution is -0.129. The van der Waals surface area contributed by atoms with Crippen molar-refractivity contribution in [2.45, 2.75) is 26.9 Å². The number of benzene rings is 1. The average molecular weight is 332 g/mol. The van der Waals surface area contributed by atoms with Crippen molar-refractivity contribution < 1.29 is 9.59 Å². The third kappa shape index (κ3) is 4.37. The summed E-state index contributed by atoms with van der Waals surface area (Å²) in [6.07, 6.45) is 0. The van der Waals surface area contributed by atoms with Crippen LogP contribution in [0.5, 0.6) is 0 Å². The van der Waals surface area contributed by atoms with Gasteiger partial charge in [0.15, 0.2) is 0 Å². The van der Waals surface area contributed by atoms with Crippen molar-refractivity contribution in [1.29, 1.82) is 0 Å². The molecule has 2 rings (SSSR count). The fourth-order valence-corrected chi connectivity index (χ4v) is 2.78. The van der Waals surface area contributed by atoms with Crippen molar-refractivity contribution >= 4 is 28.8 Å². The molecule has 6 nitrogen and oxygen atoms in total. The number of hydrogen-bond acceptors (Lipinski definition) is 5. The van der Waals surface area contributed by atoms with Gasteiger partial charge in [0.05, 0.1) is 0 Å². The van der Waals surface area contributed by atoms with Gasteiger partial charge in [0.1, 0.15) is 10.7 Å². The Morgan fingerprint density at radius 3 is 2.70 bits per heavy atom. The van der Waals surface area contributed by atoms with Crippen molar-refractivity contribution in [2.24, 2.45) is 5.73 Å². The van der Waals surface area contributed by atoms with Crippen molar-refractivity contribution in [2.75, 3.05) is 11.9 Å². The van der Waals surface area contributed by atoms with Gasteiger partial charge in [-0.05, 0) is 18.6 Å². The molecule has 0 unspecified atom stereocenters. The van der Waals surface area contributed by atoms with Crippen molar-refractivity contribution in [3.8, 4) is 0 Å². The molecule has 0 saturated carbocycles. The van der Waals surface area contributed by atoms with E-state index in [1.165, 1.54) is 18.3 Å². The van der Waals surface area contributed by atoms with Gasteiger partial charge in [-0.2, -0.15) is 0 Å². The Balaban J connectivity index is 2.16. The van der Waals surface area contributed by atoms with Gasteiger partial charge in [0, 0.05) is 37.6 Å². The fraction of sp³-hybridized carbons (Fsp3) is 0.312. The minimum Gasteiger partial charge on any atom is -0.339 e. The van der Waals surface area contributed by atoms with E-state index in [4.69, 9.17) is 5.73 Å². The molecule has 0 spiro atoms. The van der Waals surface area contributed by atoms with Crippen molar-refractivity contribution in [3.63, 3.8) is 0 Å². The van der Waals surface area contributed by atoms with Gasteiger partial charge in [0.2, 0.25) is 5.91 Å². The molecular formula is C16H20N4O2S. The molecule has 2 aromatic rings. The highest BCUT2D eigenvalue weighted by Gasteiger charge is 2.14. The molecule has 7 heteroatoms. The van der Waals surface area contributed by atoms with E-state index in [1.54, 1.807) is 10.3 Å². The van der Waals surface area contributed by atoms with Crippen LogP contribution in [0.2, 0.25) is 0 Å². The van der Waals surface area contributed by atoms with Crippen LogP contribution >= 0.6 is 11.3 Å². The van der Waals surface area contributed by atoms with E-state index < -0.39 is 0 Å². The number of carbonyl (C=O) groups excluding carboxylic acids is 2. The van der Waals surface area contributed by atoms with Crippen LogP contribution in [-0.2, 0) is 17.9 Å². The maximum absolute atomic E-state index is 12.3. The second-order valence-corrected chi connectivity index (χ2v) is 5.92. The molecule has 0 atom stereocenters. The molecule has 0 aliphatic carbocycles. The number of carbonyl (C=O) groups is 2. The second kappa shape index (κ2) is 7.85. The number of rotatable bonds is 6. The van der Waals surface area contributed by atoms with E-state index in [-0.39, 0.29) is 11.8 Å². The SMILES string of the molecule is CCN(Cc1ccccc1NC(=O)c1csc(CN)n1)C(C)=O. The summed E-state index contributed by atoms with van der Waals surface area (Å²) < 4.78 is 0. The van der Waals surface area contributed by atoms with E-state index in [0.717, 1.165) is 10.6 Å². The van der Waals surface area contributed by atoms with E-state index in [9.17, 15) is 9.59 Å². The Morgan fingerprint density at radius 1 is 1.35 bits per heavy atom. The van der Waals surface area contributed by atoms with E-state index in [0.29, 0.717) is 31.0 Å². The van der Waals surface area contributed by atoms with E-state index in [1.807, 2.05) is 31.2 Å². The molecule has 0 radical (unpaired) electrons. The van der Waals surface area contributed by atoms with Gasteiger partial charge in [0.25, 0.3) is 5.91 Å². The van der Waals surface area contributed by atoms with E-state index in [2.05, 4.69) is 10.3 Å². The zero-order valence-corrected chi connectivity index (χ0v) is 14.0. The van der Waals surface area contributed by atoms with Crippen LogP contribution in [0.25, 0.3) is 0 Å². The number of nitrogens with one attached hydrogen (secondary N) is 1. The van der Waals surface area contributed by atoms with Crippen LogP contribution in [0.1, 0.15) is 34.9 Å². The summed E-state index contributed by atoms with van der Waals surface area (Å²) in [5.41, 5.74) is 7.43. The van der Waals surface area contributed by atoms with Gasteiger partial charge in [-0.25, -0.2) is 4.98 Å². The smallest absolute Gasteiger partial charge is 0.275 e. The molecule has 122 valence electrons. The number of hydrogen-bond donors (Lipinski definition) is 2. The second-order valence-electron chi connectivity index (χ2n) is 4.98. The third-order valence-electron chi connectivity index (χ3n) is 3.41. The summed E-state index contributed by atoms with van der Waals surface area (Å²) in [5, 5.41) is 5.27. The normalized spacial score (nSPS) is 10.4. The zero-order valence-electron chi connectivity index (χ0n) is 13.2. The Labute approximate surface area is 139 Å². The largest absolute Gasteiger partial charge is 0.339 e. The highest BCUT2D eigenvalue weighted by atomic mass is 32.1. The first kappa shape index (κ1) is 17.1. The van der Waals surface area contributed by atoms with Crippen LogP contribution in [0.4, 0.5) is 5.69 Å². The van der Waals surface area contributed by atoms with Crippen LogP contribution in [0.15, 0.2) is 29.6 Å². The molecule has 1 heterocycles. The Morgan fingerprint density at radius 2 is 2.09 bits per heavy atom. The van der Waals surface area contributed by atoms with Crippen LogP contribution in [-0.4, -0.2) is 28.2 Å². The molecule has 0 fully saturated rings. The number of aromatic nitrogens is 1. The maximum Gasteiger partial charge on any atom is 0.275 e. The van der Waals surface area contributed by atoms with Gasteiger partial charge >= 0.3 is 0 Å². The average Bonchev–Trinajstić information content (AvgIpc) is 3.02. The summed E-state index contributed by atoms with van der Waals surface area (Å²) in [7, 11) is 0. The standard InChI is InChI=1S/C16H20N4O2S/c1-3-20(11(2)21)9-12-6-4-5-7-13(12)19-16(22)14-10-23-15(8-17)18-14/h4-7,10H,3,8-9,17H2,1-2H3,(H,19,22). The zero-order chi connectivity index (χ0) is 16.8. The summed E-state index contributed by atoms with van der Waals surface area (Å²) in [6, 6.07) is 7.44. The molecule has 3 N–H and O–H groups in total. The van der Waals surface area contributed by atoms with Gasteiger partial charge in [-0.3, -0.25) is 9.59 Å². The lowest BCUT2D eigenvalue weighted by Gasteiger charge is -2.20. The van der Waals surface area contributed by atoms with Crippen molar-refractivity contribution in [1.82, 2.24) is 9.88 Å². The van der Waals surface area contributed by atoms with E-state index >= 15 is 0 Å². The molecular weight excluding hydrogens is 312 g/mol. The number of nitrogens with zero attached hydrogens (tertiary/aromatic N) is 2. The topological polar surface area (TPSA) is 88.3 Å². The molecule has 0 bridgehead atoms. The highest BCUT2D eigenvalue weighted by Crippen LogP contribution is 2.19. The fourth-order valence-electron chi connectivity index (χ4n) is 2.13. The monoisotopic (exact) mass is 332 g/mol. The Hall–Kier alpha value is -2.25.